The van der Waals surface area contributed by atoms with E-state index in [1.54, 1.807) is 23.0 Å². The molecule has 0 amide bonds. The molecule has 0 bridgehead atoms. The number of rotatable bonds is 3. The molecular formula is C17H23N5O2. The maximum absolute atomic E-state index is 12.2. The van der Waals surface area contributed by atoms with Crippen LogP contribution in [0.4, 0.5) is 0 Å². The lowest BCUT2D eigenvalue weighted by Crippen LogP contribution is -2.26. The number of esters is 1. The molecule has 0 atom stereocenters. The van der Waals surface area contributed by atoms with E-state index in [0.717, 1.165) is 37.3 Å². The Morgan fingerprint density at radius 1 is 1.33 bits per heavy atom. The van der Waals surface area contributed by atoms with Gasteiger partial charge in [-0.1, -0.05) is 5.21 Å². The molecule has 1 N–H and O–H groups in total. The van der Waals surface area contributed by atoms with Crippen LogP contribution in [0.5, 0.6) is 0 Å². The lowest BCUT2D eigenvalue weighted by molar-refractivity contribution is 0.00628. The van der Waals surface area contributed by atoms with Crippen molar-refractivity contribution in [2.45, 2.75) is 45.1 Å². The van der Waals surface area contributed by atoms with Crippen molar-refractivity contribution in [2.24, 2.45) is 0 Å². The molecule has 0 unspecified atom stereocenters. The summed E-state index contributed by atoms with van der Waals surface area (Å²) in [5.41, 5.74) is 1.46. The summed E-state index contributed by atoms with van der Waals surface area (Å²) in [5, 5.41) is 11.8. The fraction of sp³-hybridized carbons (Fsp3) is 0.529. The Morgan fingerprint density at radius 3 is 2.79 bits per heavy atom. The number of aromatic nitrogens is 4. The molecule has 2 aromatic heterocycles. The van der Waals surface area contributed by atoms with E-state index in [1.807, 2.05) is 27.0 Å². The first-order chi connectivity index (χ1) is 11.4. The number of hydrogen-bond acceptors (Lipinski definition) is 6. The maximum Gasteiger partial charge on any atom is 0.357 e. The zero-order valence-corrected chi connectivity index (χ0v) is 14.3. The summed E-state index contributed by atoms with van der Waals surface area (Å²) >= 11 is 0. The van der Waals surface area contributed by atoms with Crippen molar-refractivity contribution in [3.05, 3.63) is 35.9 Å². The molecule has 1 fully saturated rings. The minimum Gasteiger partial charge on any atom is -0.455 e. The third-order valence-corrected chi connectivity index (χ3v) is 3.88. The standard InChI is InChI=1S/C17H23N5O2/c1-17(2,3)24-16(23)14-10-13(6-9-19-14)22-11-15(20-21-22)12-4-7-18-8-5-12/h6,9-12,18H,4-5,7-8H2,1-3H3. The van der Waals surface area contributed by atoms with Gasteiger partial charge in [-0.15, -0.1) is 5.10 Å². The van der Waals surface area contributed by atoms with Crippen molar-refractivity contribution >= 4 is 5.97 Å². The monoisotopic (exact) mass is 329 g/mol. The van der Waals surface area contributed by atoms with Crippen LogP contribution < -0.4 is 5.32 Å². The van der Waals surface area contributed by atoms with E-state index in [-0.39, 0.29) is 5.69 Å². The number of nitrogens with one attached hydrogen (secondary N) is 1. The molecule has 7 nitrogen and oxygen atoms in total. The summed E-state index contributed by atoms with van der Waals surface area (Å²) in [6.07, 6.45) is 5.65. The Kier molecular flexibility index (Phi) is 4.62. The summed E-state index contributed by atoms with van der Waals surface area (Å²) < 4.78 is 7.05. The van der Waals surface area contributed by atoms with E-state index in [1.165, 1.54) is 0 Å². The first-order valence-electron chi connectivity index (χ1n) is 8.25. The summed E-state index contributed by atoms with van der Waals surface area (Å²) in [5.74, 6) is -0.00444. The van der Waals surface area contributed by atoms with Gasteiger partial charge in [0.05, 0.1) is 17.6 Å². The lowest BCUT2D eigenvalue weighted by Gasteiger charge is -2.20. The van der Waals surface area contributed by atoms with Crippen molar-refractivity contribution in [1.29, 1.82) is 0 Å². The van der Waals surface area contributed by atoms with E-state index in [4.69, 9.17) is 4.74 Å². The average Bonchev–Trinajstić information content (AvgIpc) is 3.04. The van der Waals surface area contributed by atoms with Crippen molar-refractivity contribution in [3.8, 4) is 5.69 Å². The fourth-order valence-corrected chi connectivity index (χ4v) is 2.71. The normalized spacial score (nSPS) is 16.1. The van der Waals surface area contributed by atoms with E-state index in [9.17, 15) is 4.79 Å². The number of pyridine rings is 1. The minimum atomic E-state index is -0.551. The highest BCUT2D eigenvalue weighted by Crippen LogP contribution is 2.23. The Bertz CT molecular complexity index is 714. The minimum absolute atomic E-state index is 0.265. The molecule has 2 aromatic rings. The average molecular weight is 329 g/mol. The van der Waals surface area contributed by atoms with Crippen molar-refractivity contribution in [1.82, 2.24) is 25.3 Å². The van der Waals surface area contributed by atoms with Gasteiger partial charge in [-0.25, -0.2) is 14.5 Å². The number of piperidine rings is 1. The molecule has 24 heavy (non-hydrogen) atoms. The predicted molar refractivity (Wildman–Crippen MR) is 89.2 cm³/mol. The van der Waals surface area contributed by atoms with E-state index in [2.05, 4.69) is 20.6 Å². The lowest BCUT2D eigenvalue weighted by atomic mass is 9.95. The van der Waals surface area contributed by atoms with Crippen LogP contribution in [0.15, 0.2) is 24.5 Å². The van der Waals surface area contributed by atoms with Crippen LogP contribution in [0.1, 0.15) is 55.7 Å². The topological polar surface area (TPSA) is 81.9 Å². The Morgan fingerprint density at radius 2 is 2.08 bits per heavy atom. The van der Waals surface area contributed by atoms with Crippen LogP contribution in [0.25, 0.3) is 5.69 Å². The maximum atomic E-state index is 12.2. The van der Waals surface area contributed by atoms with Gasteiger partial charge in [-0.05, 0) is 58.8 Å². The summed E-state index contributed by atoms with van der Waals surface area (Å²) in [7, 11) is 0. The summed E-state index contributed by atoms with van der Waals surface area (Å²) in [6, 6.07) is 3.48. The number of hydrogen-bond donors (Lipinski definition) is 1. The van der Waals surface area contributed by atoms with Gasteiger partial charge in [0.25, 0.3) is 0 Å². The third-order valence-electron chi connectivity index (χ3n) is 3.88. The second kappa shape index (κ2) is 6.68. The highest BCUT2D eigenvalue weighted by molar-refractivity contribution is 5.88. The molecular weight excluding hydrogens is 306 g/mol. The number of carbonyl (C=O) groups is 1. The SMILES string of the molecule is CC(C)(C)OC(=O)c1cc(-n2cc(C3CCNCC3)nn2)ccn1. The third kappa shape index (κ3) is 3.97. The van der Waals surface area contributed by atoms with E-state index < -0.39 is 11.6 Å². The second-order valence-electron chi connectivity index (χ2n) is 7.01. The van der Waals surface area contributed by atoms with E-state index >= 15 is 0 Å². The Hall–Kier alpha value is -2.28. The van der Waals surface area contributed by atoms with Crippen LogP contribution in [-0.4, -0.2) is 44.6 Å². The second-order valence-corrected chi connectivity index (χ2v) is 7.01. The molecule has 1 aliphatic heterocycles. The zero-order chi connectivity index (χ0) is 17.2. The van der Waals surface area contributed by atoms with Gasteiger partial charge in [-0.3, -0.25) is 0 Å². The van der Waals surface area contributed by atoms with Crippen molar-refractivity contribution in [3.63, 3.8) is 0 Å². The van der Waals surface area contributed by atoms with Crippen molar-refractivity contribution in [2.75, 3.05) is 13.1 Å². The fourth-order valence-electron chi connectivity index (χ4n) is 2.71. The van der Waals surface area contributed by atoms with Crippen LogP contribution in [0.2, 0.25) is 0 Å². The number of carbonyl (C=O) groups excluding carboxylic acids is 1. The van der Waals surface area contributed by atoms with Gasteiger partial charge in [0.15, 0.2) is 5.69 Å². The highest BCUT2D eigenvalue weighted by Gasteiger charge is 2.21. The van der Waals surface area contributed by atoms with Gasteiger partial charge in [0.1, 0.15) is 5.60 Å². The number of ether oxygens (including phenoxy) is 1. The van der Waals surface area contributed by atoms with Crippen LogP contribution >= 0.6 is 0 Å². The van der Waals surface area contributed by atoms with E-state index in [0.29, 0.717) is 5.92 Å². The molecule has 0 aliphatic carbocycles. The molecule has 128 valence electrons. The largest absolute Gasteiger partial charge is 0.455 e. The molecule has 3 heterocycles. The van der Waals surface area contributed by atoms with Gasteiger partial charge in [0, 0.05) is 12.1 Å². The molecule has 7 heteroatoms. The Balaban J connectivity index is 1.79. The zero-order valence-electron chi connectivity index (χ0n) is 14.3. The molecule has 0 radical (unpaired) electrons. The van der Waals surface area contributed by atoms with Crippen LogP contribution in [0.3, 0.4) is 0 Å². The van der Waals surface area contributed by atoms with Gasteiger partial charge in [0.2, 0.25) is 0 Å². The quantitative estimate of drug-likeness (QED) is 0.868. The van der Waals surface area contributed by atoms with Gasteiger partial charge < -0.3 is 10.1 Å². The molecule has 1 saturated heterocycles. The molecule has 1 aliphatic rings. The molecule has 3 rings (SSSR count). The van der Waals surface area contributed by atoms with Crippen molar-refractivity contribution < 1.29 is 9.53 Å². The highest BCUT2D eigenvalue weighted by atomic mass is 16.6. The smallest absolute Gasteiger partial charge is 0.357 e. The van der Waals surface area contributed by atoms with Crippen LogP contribution in [0, 0.1) is 0 Å². The predicted octanol–water partition coefficient (Wildman–Crippen LogP) is 2.08. The first kappa shape index (κ1) is 16.6. The molecule has 0 saturated carbocycles. The first-order valence-corrected chi connectivity index (χ1v) is 8.25. The Labute approximate surface area is 141 Å². The number of nitrogens with zero attached hydrogens (tertiary/aromatic N) is 4. The van der Waals surface area contributed by atoms with Gasteiger partial charge in [-0.2, -0.15) is 0 Å². The molecule has 0 spiro atoms. The summed E-state index contributed by atoms with van der Waals surface area (Å²) in [6.45, 7) is 7.51. The van der Waals surface area contributed by atoms with Crippen LogP contribution in [-0.2, 0) is 4.74 Å². The summed E-state index contributed by atoms with van der Waals surface area (Å²) in [4.78, 5) is 16.3. The van der Waals surface area contributed by atoms with Gasteiger partial charge >= 0.3 is 5.97 Å². The molecule has 0 aromatic carbocycles.